The molecule has 1 aromatic rings. The fraction of sp³-hybridized carbons (Fsp3) is 0.750. The molecule has 2 rings (SSSR count). The fourth-order valence-electron chi connectivity index (χ4n) is 3.10. The van der Waals surface area contributed by atoms with Gasteiger partial charge in [0, 0.05) is 0 Å². The van der Waals surface area contributed by atoms with Gasteiger partial charge in [-0.05, 0) is 56.2 Å². The van der Waals surface area contributed by atoms with Crippen LogP contribution in [0.4, 0.5) is 0 Å². The third kappa shape index (κ3) is 3.17. The lowest BCUT2D eigenvalue weighted by Gasteiger charge is -2.32. The summed E-state index contributed by atoms with van der Waals surface area (Å²) in [5, 5.41) is 3.70. The van der Waals surface area contributed by atoms with E-state index in [-0.39, 0.29) is 0 Å². The Balaban J connectivity index is 2.07. The molecule has 0 aromatic carbocycles. The highest BCUT2D eigenvalue weighted by Crippen LogP contribution is 2.37. The zero-order valence-electron chi connectivity index (χ0n) is 12.0. The molecule has 18 heavy (non-hydrogen) atoms. The lowest BCUT2D eigenvalue weighted by Crippen LogP contribution is -2.31. The molecule has 1 N–H and O–H groups in total. The van der Waals surface area contributed by atoms with E-state index in [1.807, 2.05) is 6.26 Å². The maximum Gasteiger partial charge on any atom is 0.123 e. The van der Waals surface area contributed by atoms with Crippen LogP contribution in [-0.2, 0) is 0 Å². The molecule has 0 amide bonds. The largest absolute Gasteiger partial charge is 0.467 e. The van der Waals surface area contributed by atoms with Crippen molar-refractivity contribution in [2.24, 2.45) is 11.8 Å². The molecule has 0 radical (unpaired) electrons. The number of hydrogen-bond donors (Lipinski definition) is 1. The van der Waals surface area contributed by atoms with Crippen molar-refractivity contribution >= 4 is 0 Å². The third-order valence-electron chi connectivity index (χ3n) is 4.33. The van der Waals surface area contributed by atoms with Gasteiger partial charge in [0.1, 0.15) is 5.76 Å². The van der Waals surface area contributed by atoms with Crippen LogP contribution in [0.2, 0.25) is 0 Å². The summed E-state index contributed by atoms with van der Waals surface area (Å²) >= 11 is 0. The van der Waals surface area contributed by atoms with Crippen LogP contribution in [0, 0.1) is 18.8 Å². The summed E-state index contributed by atoms with van der Waals surface area (Å²) in [4.78, 5) is 0. The number of nitrogens with one attached hydrogen (secondary N) is 1. The van der Waals surface area contributed by atoms with Gasteiger partial charge in [0.25, 0.3) is 0 Å². The summed E-state index contributed by atoms with van der Waals surface area (Å²) < 4.78 is 5.74. The van der Waals surface area contributed by atoms with E-state index in [9.17, 15) is 0 Å². The van der Waals surface area contributed by atoms with E-state index in [1.54, 1.807) is 0 Å². The molecule has 0 aliphatic heterocycles. The Labute approximate surface area is 111 Å². The van der Waals surface area contributed by atoms with Crippen LogP contribution in [0.15, 0.2) is 16.7 Å². The molecule has 0 bridgehead atoms. The first kappa shape index (κ1) is 13.7. The van der Waals surface area contributed by atoms with Crippen molar-refractivity contribution in [3.63, 3.8) is 0 Å². The maximum atomic E-state index is 5.74. The van der Waals surface area contributed by atoms with Gasteiger partial charge in [-0.1, -0.05) is 26.7 Å². The minimum atomic E-state index is 0.424. The first-order chi connectivity index (χ1) is 8.72. The van der Waals surface area contributed by atoms with E-state index in [1.165, 1.54) is 43.4 Å². The predicted octanol–water partition coefficient (Wildman–Crippen LogP) is 4.46. The molecule has 2 nitrogen and oxygen atoms in total. The second-order valence-corrected chi connectivity index (χ2v) is 5.92. The molecule has 0 spiro atoms. The molecule has 1 aliphatic rings. The van der Waals surface area contributed by atoms with Crippen LogP contribution in [0.5, 0.6) is 0 Å². The van der Waals surface area contributed by atoms with Crippen LogP contribution in [0.1, 0.15) is 63.3 Å². The summed E-state index contributed by atoms with van der Waals surface area (Å²) in [6.07, 6.45) is 8.42. The van der Waals surface area contributed by atoms with Gasteiger partial charge in [0.15, 0.2) is 0 Å². The summed E-state index contributed by atoms with van der Waals surface area (Å²) in [5.41, 5.74) is 1.29. The zero-order valence-corrected chi connectivity index (χ0v) is 12.0. The summed E-state index contributed by atoms with van der Waals surface area (Å²) in [6.45, 7) is 7.84. The van der Waals surface area contributed by atoms with E-state index in [0.29, 0.717) is 6.04 Å². The Hall–Kier alpha value is -0.760. The van der Waals surface area contributed by atoms with Gasteiger partial charge >= 0.3 is 0 Å². The maximum absolute atomic E-state index is 5.74. The Morgan fingerprint density at radius 2 is 2.06 bits per heavy atom. The second-order valence-electron chi connectivity index (χ2n) is 5.92. The van der Waals surface area contributed by atoms with Crippen molar-refractivity contribution in [3.8, 4) is 0 Å². The van der Waals surface area contributed by atoms with Crippen LogP contribution >= 0.6 is 0 Å². The topological polar surface area (TPSA) is 25.2 Å². The number of aryl methyl sites for hydroxylation is 1. The van der Waals surface area contributed by atoms with Crippen molar-refractivity contribution in [1.82, 2.24) is 5.32 Å². The van der Waals surface area contributed by atoms with E-state index in [2.05, 4.69) is 32.2 Å². The highest BCUT2D eigenvalue weighted by molar-refractivity contribution is 5.19. The molecule has 1 fully saturated rings. The molecule has 2 heteroatoms. The minimum Gasteiger partial charge on any atom is -0.467 e. The van der Waals surface area contributed by atoms with Gasteiger partial charge in [-0.25, -0.2) is 0 Å². The highest BCUT2D eigenvalue weighted by Gasteiger charge is 2.29. The van der Waals surface area contributed by atoms with Gasteiger partial charge in [-0.2, -0.15) is 0 Å². The molecule has 1 heterocycles. The standard InChI is InChI=1S/C16H27NO/c1-4-10-17-15(16-13(3)9-11-18-16)14-7-5-12(2)6-8-14/h9,11-12,14-15,17H,4-8,10H2,1-3H3. The molecule has 0 saturated heterocycles. The van der Waals surface area contributed by atoms with E-state index in [0.717, 1.165) is 18.4 Å². The second kappa shape index (κ2) is 6.42. The van der Waals surface area contributed by atoms with Crippen molar-refractivity contribution in [2.75, 3.05) is 6.54 Å². The van der Waals surface area contributed by atoms with Gasteiger partial charge in [-0.15, -0.1) is 0 Å². The van der Waals surface area contributed by atoms with E-state index < -0.39 is 0 Å². The van der Waals surface area contributed by atoms with Crippen LogP contribution in [0.3, 0.4) is 0 Å². The van der Waals surface area contributed by atoms with Crippen LogP contribution in [0.25, 0.3) is 0 Å². The van der Waals surface area contributed by atoms with E-state index in [4.69, 9.17) is 4.42 Å². The molecular weight excluding hydrogens is 222 g/mol. The van der Waals surface area contributed by atoms with Gasteiger partial charge in [-0.3, -0.25) is 0 Å². The quantitative estimate of drug-likeness (QED) is 0.833. The fourth-order valence-corrected chi connectivity index (χ4v) is 3.10. The number of furan rings is 1. The van der Waals surface area contributed by atoms with Crippen molar-refractivity contribution < 1.29 is 4.42 Å². The van der Waals surface area contributed by atoms with Gasteiger partial charge < -0.3 is 9.73 Å². The summed E-state index contributed by atoms with van der Waals surface area (Å²) in [5.74, 6) is 2.83. The zero-order chi connectivity index (χ0) is 13.0. The minimum absolute atomic E-state index is 0.424. The third-order valence-corrected chi connectivity index (χ3v) is 4.33. The molecule has 1 aromatic heterocycles. The van der Waals surface area contributed by atoms with Gasteiger partial charge in [0.2, 0.25) is 0 Å². The molecule has 1 unspecified atom stereocenters. The van der Waals surface area contributed by atoms with Crippen molar-refractivity contribution in [3.05, 3.63) is 23.7 Å². The van der Waals surface area contributed by atoms with E-state index >= 15 is 0 Å². The number of rotatable bonds is 5. The molecular formula is C16H27NO. The highest BCUT2D eigenvalue weighted by atomic mass is 16.3. The van der Waals surface area contributed by atoms with Crippen LogP contribution < -0.4 is 5.32 Å². The normalized spacial score (nSPS) is 26.2. The smallest absolute Gasteiger partial charge is 0.123 e. The molecule has 1 aliphatic carbocycles. The molecule has 102 valence electrons. The Bertz CT molecular complexity index is 350. The summed E-state index contributed by atoms with van der Waals surface area (Å²) in [6, 6.07) is 2.51. The molecule has 1 atom stereocenters. The summed E-state index contributed by atoms with van der Waals surface area (Å²) in [7, 11) is 0. The Morgan fingerprint density at radius 3 is 2.61 bits per heavy atom. The van der Waals surface area contributed by atoms with Crippen molar-refractivity contribution in [1.29, 1.82) is 0 Å². The first-order valence-electron chi connectivity index (χ1n) is 7.49. The first-order valence-corrected chi connectivity index (χ1v) is 7.49. The number of hydrogen-bond acceptors (Lipinski definition) is 2. The Morgan fingerprint density at radius 1 is 1.33 bits per heavy atom. The predicted molar refractivity (Wildman–Crippen MR) is 75.6 cm³/mol. The van der Waals surface area contributed by atoms with Crippen LogP contribution in [-0.4, -0.2) is 6.54 Å². The lowest BCUT2D eigenvalue weighted by atomic mass is 9.78. The SMILES string of the molecule is CCCNC(c1occc1C)C1CCC(C)CC1. The lowest BCUT2D eigenvalue weighted by molar-refractivity contribution is 0.212. The molecule has 1 saturated carbocycles. The average molecular weight is 249 g/mol. The monoisotopic (exact) mass is 249 g/mol. The van der Waals surface area contributed by atoms with Gasteiger partial charge in [0.05, 0.1) is 12.3 Å². The van der Waals surface area contributed by atoms with Crippen molar-refractivity contribution in [2.45, 2.75) is 58.9 Å². The average Bonchev–Trinajstić information content (AvgIpc) is 2.78. The Kier molecular flexibility index (Phi) is 4.87.